The number of phenolic OH excluding ortho intramolecular Hbond substituents is 1. The van der Waals surface area contributed by atoms with Crippen molar-refractivity contribution in [3.05, 3.63) is 77.1 Å². The number of hydrogen-bond acceptors (Lipinski definition) is 6. The van der Waals surface area contributed by atoms with E-state index in [0.717, 1.165) is 17.9 Å². The molecule has 2 aromatic heterocycles. The molecule has 0 aliphatic rings. The number of H-pyrrole nitrogens is 1. The molecule has 2 heterocycles. The van der Waals surface area contributed by atoms with Gasteiger partial charge in [0.2, 0.25) is 5.78 Å². The fourth-order valence-corrected chi connectivity index (χ4v) is 3.09. The SMILES string of the molecule is CCCS.Nc1ccc(F)c(C(=O)c2c[nH]c3ncc(-c4ccc(O)c(C=O)c4)cc23)c1F. The summed E-state index contributed by atoms with van der Waals surface area (Å²) in [5.41, 5.74) is 5.96. The molecule has 4 N–H and O–H groups in total. The molecule has 0 unspecified atom stereocenters. The van der Waals surface area contributed by atoms with Crippen molar-refractivity contribution in [2.75, 3.05) is 11.5 Å². The van der Waals surface area contributed by atoms with Crippen LogP contribution in [-0.4, -0.2) is 32.9 Å². The number of nitrogens with one attached hydrogen (secondary N) is 1. The average molecular weight is 470 g/mol. The Labute approximate surface area is 193 Å². The predicted molar refractivity (Wildman–Crippen MR) is 127 cm³/mol. The molecule has 4 rings (SSSR count). The minimum atomic E-state index is -1.12. The van der Waals surface area contributed by atoms with E-state index < -0.39 is 23.0 Å². The number of anilines is 1. The lowest BCUT2D eigenvalue weighted by Gasteiger charge is -2.07. The molecule has 0 saturated heterocycles. The number of aromatic nitrogens is 2. The molecule has 0 amide bonds. The van der Waals surface area contributed by atoms with Crippen LogP contribution < -0.4 is 5.73 Å². The van der Waals surface area contributed by atoms with Crippen LogP contribution in [0.3, 0.4) is 0 Å². The van der Waals surface area contributed by atoms with E-state index in [0.29, 0.717) is 28.4 Å². The normalized spacial score (nSPS) is 10.5. The number of fused-ring (bicyclic) bond motifs is 1. The number of hydrogen-bond donors (Lipinski definition) is 4. The first-order valence-electron chi connectivity index (χ1n) is 9.97. The second-order valence-electron chi connectivity index (χ2n) is 7.09. The summed E-state index contributed by atoms with van der Waals surface area (Å²) in [7, 11) is 0. The molecule has 2 aromatic carbocycles. The van der Waals surface area contributed by atoms with E-state index in [1.54, 1.807) is 12.1 Å². The van der Waals surface area contributed by atoms with E-state index >= 15 is 0 Å². The zero-order valence-electron chi connectivity index (χ0n) is 17.6. The molecule has 6 nitrogen and oxygen atoms in total. The Kier molecular flexibility index (Phi) is 7.44. The predicted octanol–water partition coefficient (Wildman–Crippen LogP) is 5.17. The van der Waals surface area contributed by atoms with Crippen LogP contribution >= 0.6 is 12.6 Å². The average Bonchev–Trinajstić information content (AvgIpc) is 3.25. The molecular weight excluding hydrogens is 448 g/mol. The molecule has 0 atom stereocenters. The molecule has 0 saturated carbocycles. The fraction of sp³-hybridized carbons (Fsp3) is 0.125. The standard InChI is InChI=1S/C21H13F2N3O3.C3H8S/c22-15-2-3-16(24)19(23)18(15)20(29)14-8-26-21-13(14)6-11(7-25-21)10-1-4-17(28)12(5-10)9-27;1-2-3-4/h1-9,28H,24H2,(H,25,26);4H,2-3H2,1H3. The van der Waals surface area contributed by atoms with Crippen LogP contribution in [0.1, 0.15) is 39.6 Å². The van der Waals surface area contributed by atoms with Gasteiger partial charge in [-0.05, 0) is 48.1 Å². The van der Waals surface area contributed by atoms with Crippen molar-refractivity contribution in [3.63, 3.8) is 0 Å². The van der Waals surface area contributed by atoms with Gasteiger partial charge in [-0.3, -0.25) is 9.59 Å². The minimum Gasteiger partial charge on any atom is -0.507 e. The number of aldehydes is 1. The van der Waals surface area contributed by atoms with E-state index in [2.05, 4.69) is 29.5 Å². The zero-order chi connectivity index (χ0) is 24.1. The van der Waals surface area contributed by atoms with E-state index in [-0.39, 0.29) is 22.6 Å². The Morgan fingerprint density at radius 2 is 1.94 bits per heavy atom. The Hall–Kier alpha value is -3.72. The van der Waals surface area contributed by atoms with Crippen LogP contribution in [0.2, 0.25) is 0 Å². The monoisotopic (exact) mass is 469 g/mol. The number of ketones is 1. The maximum absolute atomic E-state index is 14.3. The Balaban J connectivity index is 0.000000709. The minimum absolute atomic E-state index is 0.0205. The molecule has 170 valence electrons. The first-order valence-corrected chi connectivity index (χ1v) is 10.6. The topological polar surface area (TPSA) is 109 Å². The molecule has 0 aliphatic carbocycles. The summed E-state index contributed by atoms with van der Waals surface area (Å²) in [6, 6.07) is 8.00. The van der Waals surface area contributed by atoms with Gasteiger partial charge in [0.1, 0.15) is 17.2 Å². The first-order chi connectivity index (χ1) is 15.8. The number of carbonyl (C=O) groups excluding carboxylic acids is 2. The molecule has 0 fully saturated rings. The van der Waals surface area contributed by atoms with Crippen LogP contribution in [-0.2, 0) is 0 Å². The third kappa shape index (κ3) is 4.88. The van der Waals surface area contributed by atoms with Gasteiger partial charge in [-0.2, -0.15) is 12.6 Å². The van der Waals surface area contributed by atoms with Gasteiger partial charge in [0.25, 0.3) is 0 Å². The van der Waals surface area contributed by atoms with Crippen molar-refractivity contribution in [1.82, 2.24) is 9.97 Å². The van der Waals surface area contributed by atoms with Gasteiger partial charge in [-0.1, -0.05) is 13.0 Å². The number of aromatic hydroxyl groups is 1. The van der Waals surface area contributed by atoms with Crippen LogP contribution in [0.5, 0.6) is 5.75 Å². The lowest BCUT2D eigenvalue weighted by molar-refractivity contribution is 0.103. The molecule has 4 aromatic rings. The Morgan fingerprint density at radius 1 is 1.21 bits per heavy atom. The highest BCUT2D eigenvalue weighted by Gasteiger charge is 2.24. The van der Waals surface area contributed by atoms with Crippen molar-refractivity contribution in [2.24, 2.45) is 0 Å². The quantitative estimate of drug-likeness (QED) is 0.140. The molecule has 0 bridgehead atoms. The second-order valence-corrected chi connectivity index (χ2v) is 7.54. The smallest absolute Gasteiger partial charge is 0.201 e. The van der Waals surface area contributed by atoms with Crippen molar-refractivity contribution in [2.45, 2.75) is 13.3 Å². The van der Waals surface area contributed by atoms with Gasteiger partial charge in [0, 0.05) is 28.9 Å². The number of thiol groups is 1. The second kappa shape index (κ2) is 10.3. The highest BCUT2D eigenvalue weighted by atomic mass is 32.1. The Bertz CT molecular complexity index is 1340. The number of aromatic amines is 1. The highest BCUT2D eigenvalue weighted by Crippen LogP contribution is 2.30. The van der Waals surface area contributed by atoms with Crippen molar-refractivity contribution < 1.29 is 23.5 Å². The van der Waals surface area contributed by atoms with Crippen LogP contribution in [0.4, 0.5) is 14.5 Å². The van der Waals surface area contributed by atoms with Gasteiger partial charge in [-0.15, -0.1) is 0 Å². The molecule has 0 spiro atoms. The number of rotatable bonds is 5. The summed E-state index contributed by atoms with van der Waals surface area (Å²) in [4.78, 5) is 30.9. The van der Waals surface area contributed by atoms with Gasteiger partial charge in [0.15, 0.2) is 12.1 Å². The Morgan fingerprint density at radius 3 is 2.61 bits per heavy atom. The lowest BCUT2D eigenvalue weighted by atomic mass is 9.99. The zero-order valence-corrected chi connectivity index (χ0v) is 18.5. The summed E-state index contributed by atoms with van der Waals surface area (Å²) >= 11 is 3.92. The van der Waals surface area contributed by atoms with Crippen LogP contribution in [0.25, 0.3) is 22.2 Å². The third-order valence-electron chi connectivity index (χ3n) is 4.84. The number of phenols is 1. The molecule has 9 heteroatoms. The fourth-order valence-electron chi connectivity index (χ4n) is 3.09. The number of carbonyl (C=O) groups is 2. The molecular formula is C24H21F2N3O3S. The molecule has 0 radical (unpaired) electrons. The number of nitrogens with two attached hydrogens (primary N) is 1. The summed E-state index contributed by atoms with van der Waals surface area (Å²) in [6.07, 6.45) is 4.53. The van der Waals surface area contributed by atoms with E-state index in [4.69, 9.17) is 5.73 Å². The highest BCUT2D eigenvalue weighted by molar-refractivity contribution is 7.80. The van der Waals surface area contributed by atoms with Gasteiger partial charge >= 0.3 is 0 Å². The number of benzene rings is 2. The van der Waals surface area contributed by atoms with Gasteiger partial charge < -0.3 is 15.8 Å². The summed E-state index contributed by atoms with van der Waals surface area (Å²) in [5, 5.41) is 10.0. The van der Waals surface area contributed by atoms with Crippen molar-refractivity contribution in [1.29, 1.82) is 0 Å². The summed E-state index contributed by atoms with van der Waals surface area (Å²) in [5.74, 6) is -2.17. The largest absolute Gasteiger partial charge is 0.507 e. The van der Waals surface area contributed by atoms with Crippen LogP contribution in [0.15, 0.2) is 48.8 Å². The molecule has 0 aliphatic heterocycles. The maximum atomic E-state index is 14.3. The van der Waals surface area contributed by atoms with Gasteiger partial charge in [-0.25, -0.2) is 13.8 Å². The maximum Gasteiger partial charge on any atom is 0.201 e. The first kappa shape index (κ1) is 23.9. The lowest BCUT2D eigenvalue weighted by Crippen LogP contribution is -2.09. The summed E-state index contributed by atoms with van der Waals surface area (Å²) in [6.45, 7) is 2.10. The van der Waals surface area contributed by atoms with Crippen LogP contribution in [0, 0.1) is 11.6 Å². The third-order valence-corrected chi connectivity index (χ3v) is 5.28. The number of pyridine rings is 1. The summed E-state index contributed by atoms with van der Waals surface area (Å²) < 4.78 is 28.4. The van der Waals surface area contributed by atoms with Gasteiger partial charge in [0.05, 0.1) is 16.8 Å². The number of halogens is 2. The van der Waals surface area contributed by atoms with E-state index in [1.807, 2.05) is 0 Å². The van der Waals surface area contributed by atoms with Crippen molar-refractivity contribution in [3.8, 4) is 16.9 Å². The van der Waals surface area contributed by atoms with Crippen molar-refractivity contribution >= 4 is 41.4 Å². The van der Waals surface area contributed by atoms with E-state index in [1.165, 1.54) is 30.9 Å². The number of nitrogens with zero attached hydrogens (tertiary/aromatic N) is 1. The van der Waals surface area contributed by atoms with E-state index in [9.17, 15) is 23.5 Å². The number of nitrogen functional groups attached to an aromatic ring is 1. The molecule has 33 heavy (non-hydrogen) atoms.